The van der Waals surface area contributed by atoms with Crippen molar-refractivity contribution >= 4 is 5.91 Å². The second-order valence-electron chi connectivity index (χ2n) is 6.76. The molecule has 110 valence electrons. The quantitative estimate of drug-likeness (QED) is 0.871. The maximum Gasteiger partial charge on any atom is 0.251 e. The largest absolute Gasteiger partial charge is 0.391 e. The van der Waals surface area contributed by atoms with E-state index in [0.717, 1.165) is 25.7 Å². The van der Waals surface area contributed by atoms with E-state index in [4.69, 9.17) is 0 Å². The van der Waals surface area contributed by atoms with E-state index in [1.54, 1.807) is 0 Å². The van der Waals surface area contributed by atoms with Crippen molar-refractivity contribution in [2.75, 3.05) is 0 Å². The van der Waals surface area contributed by atoms with E-state index in [1.807, 2.05) is 24.3 Å². The Kier molecular flexibility index (Phi) is 4.48. The Hall–Kier alpha value is -1.35. The molecule has 0 spiro atoms. The molecule has 3 heteroatoms. The first-order valence-corrected chi connectivity index (χ1v) is 7.47. The van der Waals surface area contributed by atoms with Gasteiger partial charge in [0, 0.05) is 5.56 Å². The van der Waals surface area contributed by atoms with Gasteiger partial charge in [0.25, 0.3) is 5.91 Å². The van der Waals surface area contributed by atoms with Crippen LogP contribution in [0.2, 0.25) is 0 Å². The summed E-state index contributed by atoms with van der Waals surface area (Å²) in [4.78, 5) is 12.2. The Bertz CT molecular complexity index is 459. The number of aliphatic hydroxyl groups excluding tert-OH is 1. The number of nitrogens with one attached hydrogen (secondary N) is 1. The van der Waals surface area contributed by atoms with Crippen molar-refractivity contribution < 1.29 is 9.90 Å². The van der Waals surface area contributed by atoms with Gasteiger partial charge in [-0.15, -0.1) is 0 Å². The van der Waals surface area contributed by atoms with E-state index in [0.29, 0.717) is 5.56 Å². The normalized spacial score (nSPS) is 23.4. The van der Waals surface area contributed by atoms with Crippen molar-refractivity contribution in [1.82, 2.24) is 5.32 Å². The zero-order chi connectivity index (χ0) is 14.8. The van der Waals surface area contributed by atoms with Gasteiger partial charge in [0.1, 0.15) is 0 Å². The Morgan fingerprint density at radius 2 is 1.75 bits per heavy atom. The molecule has 1 aliphatic carbocycles. The summed E-state index contributed by atoms with van der Waals surface area (Å²) >= 11 is 0. The molecule has 1 aliphatic rings. The summed E-state index contributed by atoms with van der Waals surface area (Å²) in [7, 11) is 0. The molecule has 2 atom stereocenters. The average Bonchev–Trinajstić information content (AvgIpc) is 2.40. The summed E-state index contributed by atoms with van der Waals surface area (Å²) in [5.74, 6) is -0.0867. The molecule has 0 aromatic heterocycles. The predicted molar refractivity (Wildman–Crippen MR) is 80.9 cm³/mol. The van der Waals surface area contributed by atoms with Crippen LogP contribution in [-0.4, -0.2) is 23.2 Å². The molecular formula is C17H25NO2. The maximum absolute atomic E-state index is 12.2. The van der Waals surface area contributed by atoms with Crippen LogP contribution in [0.15, 0.2) is 24.3 Å². The molecule has 0 aliphatic heterocycles. The highest BCUT2D eigenvalue weighted by Gasteiger charge is 2.25. The van der Waals surface area contributed by atoms with E-state index < -0.39 is 6.10 Å². The Balaban J connectivity index is 2.02. The van der Waals surface area contributed by atoms with Crippen molar-refractivity contribution in [2.24, 2.45) is 0 Å². The molecule has 1 fully saturated rings. The lowest BCUT2D eigenvalue weighted by Gasteiger charge is -2.28. The van der Waals surface area contributed by atoms with Crippen LogP contribution in [0.1, 0.15) is 62.4 Å². The molecule has 2 rings (SSSR count). The Morgan fingerprint density at radius 1 is 1.15 bits per heavy atom. The lowest BCUT2D eigenvalue weighted by molar-refractivity contribution is 0.0717. The highest BCUT2D eigenvalue weighted by atomic mass is 16.3. The molecule has 3 nitrogen and oxygen atoms in total. The first kappa shape index (κ1) is 15.0. The molecule has 1 amide bonds. The summed E-state index contributed by atoms with van der Waals surface area (Å²) < 4.78 is 0. The van der Waals surface area contributed by atoms with E-state index in [1.165, 1.54) is 5.56 Å². The minimum Gasteiger partial charge on any atom is -0.391 e. The lowest BCUT2D eigenvalue weighted by atomic mass is 9.86. The number of benzene rings is 1. The lowest BCUT2D eigenvalue weighted by Crippen LogP contribution is -2.45. The van der Waals surface area contributed by atoms with Gasteiger partial charge >= 0.3 is 0 Å². The van der Waals surface area contributed by atoms with Gasteiger partial charge in [-0.1, -0.05) is 45.7 Å². The SMILES string of the molecule is CC(C)(C)c1ccc(C(=O)NC2CCCCC2O)cc1. The van der Waals surface area contributed by atoms with Crippen LogP contribution in [0.3, 0.4) is 0 Å². The minimum absolute atomic E-state index is 0.0867. The zero-order valence-electron chi connectivity index (χ0n) is 12.6. The molecule has 20 heavy (non-hydrogen) atoms. The van der Waals surface area contributed by atoms with Crippen LogP contribution < -0.4 is 5.32 Å². The number of carbonyl (C=O) groups excluding carboxylic acids is 1. The Morgan fingerprint density at radius 3 is 2.30 bits per heavy atom. The van der Waals surface area contributed by atoms with E-state index in [2.05, 4.69) is 26.1 Å². The topological polar surface area (TPSA) is 49.3 Å². The van der Waals surface area contributed by atoms with Crippen LogP contribution in [0.4, 0.5) is 0 Å². The van der Waals surface area contributed by atoms with Crippen LogP contribution in [-0.2, 0) is 5.41 Å². The van der Waals surface area contributed by atoms with E-state index in [-0.39, 0.29) is 17.4 Å². The van der Waals surface area contributed by atoms with Gasteiger partial charge in [-0.25, -0.2) is 0 Å². The first-order chi connectivity index (χ1) is 9.38. The maximum atomic E-state index is 12.2. The van der Waals surface area contributed by atoms with E-state index >= 15 is 0 Å². The second kappa shape index (κ2) is 5.96. The number of carbonyl (C=O) groups is 1. The van der Waals surface area contributed by atoms with Gasteiger partial charge in [-0.05, 0) is 36.0 Å². The van der Waals surface area contributed by atoms with Crippen molar-refractivity contribution in [3.8, 4) is 0 Å². The molecule has 2 N–H and O–H groups in total. The van der Waals surface area contributed by atoms with Crippen molar-refractivity contribution in [3.63, 3.8) is 0 Å². The first-order valence-electron chi connectivity index (χ1n) is 7.47. The summed E-state index contributed by atoms with van der Waals surface area (Å²) in [6, 6.07) is 7.65. The van der Waals surface area contributed by atoms with Crippen molar-refractivity contribution in [1.29, 1.82) is 0 Å². The van der Waals surface area contributed by atoms with Crippen LogP contribution in [0.25, 0.3) is 0 Å². The summed E-state index contributed by atoms with van der Waals surface area (Å²) in [6.07, 6.45) is 3.38. The smallest absolute Gasteiger partial charge is 0.251 e. The fourth-order valence-corrected chi connectivity index (χ4v) is 2.65. The minimum atomic E-state index is -0.401. The fraction of sp³-hybridized carbons (Fsp3) is 0.588. The molecule has 2 unspecified atom stereocenters. The molecule has 0 bridgehead atoms. The molecule has 1 aromatic carbocycles. The predicted octanol–water partition coefficient (Wildman–Crippen LogP) is 3.02. The second-order valence-corrected chi connectivity index (χ2v) is 6.76. The number of aliphatic hydroxyl groups is 1. The van der Waals surface area contributed by atoms with Gasteiger partial charge in [-0.2, -0.15) is 0 Å². The number of amides is 1. The van der Waals surface area contributed by atoms with Gasteiger partial charge < -0.3 is 10.4 Å². The average molecular weight is 275 g/mol. The Labute approximate surface area is 121 Å². The van der Waals surface area contributed by atoms with Gasteiger partial charge in [-0.3, -0.25) is 4.79 Å². The monoisotopic (exact) mass is 275 g/mol. The standard InChI is InChI=1S/C17H25NO2/c1-17(2,3)13-10-8-12(9-11-13)16(20)18-14-6-4-5-7-15(14)19/h8-11,14-15,19H,4-7H2,1-3H3,(H,18,20). The van der Waals surface area contributed by atoms with Crippen LogP contribution >= 0.6 is 0 Å². The van der Waals surface area contributed by atoms with Gasteiger partial charge in [0.15, 0.2) is 0 Å². The third-order valence-electron chi connectivity index (χ3n) is 4.06. The molecule has 0 saturated heterocycles. The number of rotatable bonds is 2. The van der Waals surface area contributed by atoms with E-state index in [9.17, 15) is 9.90 Å². The van der Waals surface area contributed by atoms with Crippen molar-refractivity contribution in [2.45, 2.75) is 64.0 Å². The third kappa shape index (κ3) is 3.60. The molecule has 0 heterocycles. The molecular weight excluding hydrogens is 250 g/mol. The summed E-state index contributed by atoms with van der Waals surface area (Å²) in [6.45, 7) is 6.46. The summed E-state index contributed by atoms with van der Waals surface area (Å²) in [5.41, 5.74) is 1.97. The third-order valence-corrected chi connectivity index (χ3v) is 4.06. The highest BCUT2D eigenvalue weighted by molar-refractivity contribution is 5.94. The van der Waals surface area contributed by atoms with Gasteiger partial charge in [0.2, 0.25) is 0 Å². The highest BCUT2D eigenvalue weighted by Crippen LogP contribution is 2.23. The molecule has 1 aromatic rings. The van der Waals surface area contributed by atoms with Gasteiger partial charge in [0.05, 0.1) is 12.1 Å². The van der Waals surface area contributed by atoms with Crippen LogP contribution in [0.5, 0.6) is 0 Å². The number of hydrogen-bond acceptors (Lipinski definition) is 2. The molecule has 1 saturated carbocycles. The molecule has 0 radical (unpaired) electrons. The zero-order valence-corrected chi connectivity index (χ0v) is 12.6. The summed E-state index contributed by atoms with van der Waals surface area (Å²) in [5, 5.41) is 12.9. The van der Waals surface area contributed by atoms with Crippen LogP contribution in [0, 0.1) is 0 Å². The van der Waals surface area contributed by atoms with Crippen molar-refractivity contribution in [3.05, 3.63) is 35.4 Å². The fourth-order valence-electron chi connectivity index (χ4n) is 2.65. The number of hydrogen-bond donors (Lipinski definition) is 2.